The summed E-state index contributed by atoms with van der Waals surface area (Å²) in [6.07, 6.45) is 1.64. The molecule has 1 N–H and O–H groups in total. The van der Waals surface area contributed by atoms with Gasteiger partial charge >= 0.3 is 0 Å². The maximum Gasteiger partial charge on any atom is 0.233 e. The Bertz CT molecular complexity index is 327. The molecule has 1 saturated carbocycles. The number of imide groups is 1. The number of carbonyl (C=O) groups is 2. The van der Waals surface area contributed by atoms with Crippen molar-refractivity contribution in [3.63, 3.8) is 0 Å². The fraction of sp³-hybridized carbons (Fsp3) is 0.846. The van der Waals surface area contributed by atoms with Gasteiger partial charge in [0, 0.05) is 13.2 Å². The zero-order valence-corrected chi connectivity index (χ0v) is 10.8. The Hall–Kier alpha value is -0.900. The van der Waals surface area contributed by atoms with E-state index < -0.39 is 0 Å². The van der Waals surface area contributed by atoms with Crippen LogP contribution in [-0.4, -0.2) is 35.0 Å². The van der Waals surface area contributed by atoms with Gasteiger partial charge in [-0.15, -0.1) is 0 Å². The van der Waals surface area contributed by atoms with E-state index in [-0.39, 0.29) is 41.6 Å². The number of aliphatic hydroxyl groups excluding tert-OH is 1. The maximum atomic E-state index is 12.0. The minimum Gasteiger partial charge on any atom is -0.396 e. The van der Waals surface area contributed by atoms with Gasteiger partial charge in [0.2, 0.25) is 11.8 Å². The maximum absolute atomic E-state index is 12.0. The van der Waals surface area contributed by atoms with Gasteiger partial charge in [-0.2, -0.15) is 0 Å². The van der Waals surface area contributed by atoms with Crippen molar-refractivity contribution < 1.29 is 14.7 Å². The highest BCUT2D eigenvalue weighted by atomic mass is 16.3. The van der Waals surface area contributed by atoms with Gasteiger partial charge in [-0.25, -0.2) is 0 Å². The van der Waals surface area contributed by atoms with Crippen molar-refractivity contribution in [1.29, 1.82) is 0 Å². The molecule has 2 rings (SSSR count). The molecule has 0 bridgehead atoms. The van der Waals surface area contributed by atoms with Crippen molar-refractivity contribution in [3.8, 4) is 0 Å². The highest BCUT2D eigenvalue weighted by molar-refractivity contribution is 6.10. The third-order valence-corrected chi connectivity index (χ3v) is 4.28. The smallest absolute Gasteiger partial charge is 0.233 e. The number of nitrogens with zero attached hydrogens (tertiary/aromatic N) is 1. The van der Waals surface area contributed by atoms with Gasteiger partial charge in [0.15, 0.2) is 0 Å². The molecule has 0 spiro atoms. The molecular formula is C13H21NO3. The Kier molecular flexibility index (Phi) is 3.02. The molecule has 2 fully saturated rings. The summed E-state index contributed by atoms with van der Waals surface area (Å²) in [5, 5.41) is 8.90. The monoisotopic (exact) mass is 239 g/mol. The first-order valence-corrected chi connectivity index (χ1v) is 6.37. The van der Waals surface area contributed by atoms with E-state index >= 15 is 0 Å². The number of rotatable bonds is 5. The summed E-state index contributed by atoms with van der Waals surface area (Å²) in [5.41, 5.74) is -0.108. The van der Waals surface area contributed by atoms with Crippen LogP contribution in [-0.2, 0) is 9.59 Å². The zero-order chi connectivity index (χ0) is 12.8. The molecular weight excluding hydrogens is 218 g/mol. The number of hydrogen-bond donors (Lipinski definition) is 1. The average molecular weight is 239 g/mol. The van der Waals surface area contributed by atoms with E-state index in [9.17, 15) is 9.59 Å². The second-order valence-electron chi connectivity index (χ2n) is 6.03. The molecule has 96 valence electrons. The average Bonchev–Trinajstić information content (AvgIpc) is 2.74. The third kappa shape index (κ3) is 1.88. The molecule has 1 aliphatic carbocycles. The SMILES string of the molecule is CC(CO)CCCN1C(=O)C2C(C1=O)C2(C)C. The molecule has 1 heterocycles. The van der Waals surface area contributed by atoms with Crippen molar-refractivity contribution in [2.45, 2.75) is 33.6 Å². The molecule has 0 aromatic heterocycles. The van der Waals surface area contributed by atoms with Crippen LogP contribution in [0.2, 0.25) is 0 Å². The lowest BCUT2D eigenvalue weighted by Crippen LogP contribution is -2.37. The number of fused-ring (bicyclic) bond motifs is 1. The lowest BCUT2D eigenvalue weighted by molar-refractivity contribution is -0.143. The number of carbonyl (C=O) groups excluding carboxylic acids is 2. The first kappa shape index (κ1) is 12.6. The lowest BCUT2D eigenvalue weighted by atomic mass is 10.0. The summed E-state index contributed by atoms with van der Waals surface area (Å²) in [5.74, 6) is 0.146. The summed E-state index contributed by atoms with van der Waals surface area (Å²) in [4.78, 5) is 25.4. The van der Waals surface area contributed by atoms with Crippen LogP contribution >= 0.6 is 0 Å². The second kappa shape index (κ2) is 4.09. The van der Waals surface area contributed by atoms with Gasteiger partial charge in [0.1, 0.15) is 0 Å². The van der Waals surface area contributed by atoms with Crippen molar-refractivity contribution in [2.24, 2.45) is 23.2 Å². The second-order valence-corrected chi connectivity index (χ2v) is 6.03. The van der Waals surface area contributed by atoms with E-state index in [0.29, 0.717) is 6.54 Å². The van der Waals surface area contributed by atoms with Crippen LogP contribution in [0.5, 0.6) is 0 Å². The molecule has 1 aliphatic heterocycles. The Morgan fingerprint density at radius 2 is 1.82 bits per heavy atom. The summed E-state index contributed by atoms with van der Waals surface area (Å²) < 4.78 is 0. The normalized spacial score (nSPS) is 31.6. The quantitative estimate of drug-likeness (QED) is 0.729. The van der Waals surface area contributed by atoms with Crippen LogP contribution in [0.15, 0.2) is 0 Å². The van der Waals surface area contributed by atoms with Crippen molar-refractivity contribution in [3.05, 3.63) is 0 Å². The van der Waals surface area contributed by atoms with E-state index in [1.807, 2.05) is 20.8 Å². The summed E-state index contributed by atoms with van der Waals surface area (Å²) in [6.45, 7) is 6.63. The number of hydrogen-bond acceptors (Lipinski definition) is 3. The van der Waals surface area contributed by atoms with Gasteiger partial charge in [0.25, 0.3) is 0 Å². The predicted molar refractivity (Wildman–Crippen MR) is 63.0 cm³/mol. The van der Waals surface area contributed by atoms with Crippen LogP contribution in [0.25, 0.3) is 0 Å². The highest BCUT2D eigenvalue weighted by Crippen LogP contribution is 2.63. The van der Waals surface area contributed by atoms with Crippen LogP contribution in [0.1, 0.15) is 33.6 Å². The number of likely N-dealkylation sites (tertiary alicyclic amines) is 1. The van der Waals surface area contributed by atoms with E-state index in [4.69, 9.17) is 5.11 Å². The number of piperidine rings is 1. The molecule has 0 aromatic carbocycles. The van der Waals surface area contributed by atoms with Crippen LogP contribution in [0, 0.1) is 23.2 Å². The predicted octanol–water partition coefficient (Wildman–Crippen LogP) is 1.04. The van der Waals surface area contributed by atoms with Crippen LogP contribution in [0.4, 0.5) is 0 Å². The molecule has 4 nitrogen and oxygen atoms in total. The van der Waals surface area contributed by atoms with E-state index in [0.717, 1.165) is 12.8 Å². The van der Waals surface area contributed by atoms with E-state index in [1.54, 1.807) is 0 Å². The molecule has 17 heavy (non-hydrogen) atoms. The zero-order valence-electron chi connectivity index (χ0n) is 10.8. The Labute approximate surface area is 102 Å². The molecule has 2 amide bonds. The van der Waals surface area contributed by atoms with Gasteiger partial charge in [0.05, 0.1) is 11.8 Å². The molecule has 0 aromatic rings. The molecule has 0 radical (unpaired) electrons. The largest absolute Gasteiger partial charge is 0.396 e. The fourth-order valence-electron chi connectivity index (χ4n) is 2.91. The standard InChI is InChI=1S/C13H21NO3/c1-8(7-15)5-4-6-14-11(16)9-10(12(14)17)13(9,2)3/h8-10,15H,4-7H2,1-3H3. The lowest BCUT2D eigenvalue weighted by Gasteiger charge is -2.20. The highest BCUT2D eigenvalue weighted by Gasteiger charge is 2.72. The Balaban J connectivity index is 1.85. The number of aliphatic hydroxyl groups is 1. The molecule has 2 aliphatic rings. The van der Waals surface area contributed by atoms with Gasteiger partial charge < -0.3 is 5.11 Å². The van der Waals surface area contributed by atoms with Crippen molar-refractivity contribution in [2.75, 3.05) is 13.2 Å². The summed E-state index contributed by atoms with van der Waals surface area (Å²) in [7, 11) is 0. The van der Waals surface area contributed by atoms with Gasteiger partial charge in [-0.05, 0) is 24.2 Å². The van der Waals surface area contributed by atoms with Crippen molar-refractivity contribution >= 4 is 11.8 Å². The Morgan fingerprint density at radius 3 is 2.29 bits per heavy atom. The van der Waals surface area contributed by atoms with E-state index in [2.05, 4.69) is 0 Å². The minimum atomic E-state index is -0.108. The molecule has 3 unspecified atom stereocenters. The fourth-order valence-corrected chi connectivity index (χ4v) is 2.91. The van der Waals surface area contributed by atoms with Gasteiger partial charge in [-0.1, -0.05) is 20.8 Å². The molecule has 3 atom stereocenters. The topological polar surface area (TPSA) is 57.6 Å². The Morgan fingerprint density at radius 1 is 1.29 bits per heavy atom. The molecule has 1 saturated heterocycles. The summed E-state index contributed by atoms with van der Waals surface area (Å²) in [6, 6.07) is 0. The van der Waals surface area contributed by atoms with E-state index in [1.165, 1.54) is 4.90 Å². The molecule has 4 heteroatoms. The minimum absolute atomic E-state index is 0.0154. The first-order valence-electron chi connectivity index (χ1n) is 6.37. The third-order valence-electron chi connectivity index (χ3n) is 4.28. The van der Waals surface area contributed by atoms with Crippen LogP contribution in [0.3, 0.4) is 0 Å². The first-order chi connectivity index (χ1) is 7.91. The summed E-state index contributed by atoms with van der Waals surface area (Å²) >= 11 is 0. The van der Waals surface area contributed by atoms with Gasteiger partial charge in [-0.3, -0.25) is 14.5 Å². The number of amides is 2. The van der Waals surface area contributed by atoms with Crippen LogP contribution < -0.4 is 0 Å². The van der Waals surface area contributed by atoms with Crippen molar-refractivity contribution in [1.82, 2.24) is 4.90 Å².